The van der Waals surface area contributed by atoms with E-state index in [9.17, 15) is 19.2 Å². The number of nitrogens with zero attached hydrogens (tertiary/aromatic N) is 1. The summed E-state index contributed by atoms with van der Waals surface area (Å²) in [5.74, 6) is -0.984. The van der Waals surface area contributed by atoms with Gasteiger partial charge in [-0.05, 0) is 78.9 Å². The predicted molar refractivity (Wildman–Crippen MR) is 148 cm³/mol. The van der Waals surface area contributed by atoms with Crippen LogP contribution < -0.4 is 19.5 Å². The Morgan fingerprint density at radius 2 is 1.77 bits per heavy atom. The summed E-state index contributed by atoms with van der Waals surface area (Å²) in [6.45, 7) is 1.57. The first-order chi connectivity index (χ1) is 18.8. The van der Waals surface area contributed by atoms with Crippen LogP contribution in [0.2, 0.25) is 5.02 Å². The van der Waals surface area contributed by atoms with Gasteiger partial charge in [0.25, 0.3) is 11.1 Å². The zero-order valence-electron chi connectivity index (χ0n) is 20.9. The van der Waals surface area contributed by atoms with E-state index in [-0.39, 0.29) is 33.6 Å². The molecule has 0 saturated carbocycles. The van der Waals surface area contributed by atoms with E-state index in [0.29, 0.717) is 28.8 Å². The molecule has 0 aliphatic carbocycles. The van der Waals surface area contributed by atoms with Crippen LogP contribution in [0.4, 0.5) is 10.5 Å². The molecular formula is C28H23ClN2O7S. The number of hydrogen-bond donors (Lipinski definition) is 1. The molecule has 11 heteroatoms. The fourth-order valence-electron chi connectivity index (χ4n) is 3.57. The molecule has 3 amide bonds. The molecule has 0 atom stereocenters. The molecule has 9 nitrogen and oxygen atoms in total. The molecule has 3 aromatic rings. The first-order valence-electron chi connectivity index (χ1n) is 11.7. The van der Waals surface area contributed by atoms with Crippen molar-refractivity contribution in [2.45, 2.75) is 6.92 Å². The van der Waals surface area contributed by atoms with Crippen molar-refractivity contribution >= 4 is 58.1 Å². The van der Waals surface area contributed by atoms with Gasteiger partial charge in [-0.1, -0.05) is 29.8 Å². The highest BCUT2D eigenvalue weighted by Gasteiger charge is 2.36. The molecule has 4 rings (SSSR count). The van der Waals surface area contributed by atoms with Crippen molar-refractivity contribution in [1.82, 2.24) is 4.90 Å². The van der Waals surface area contributed by atoms with Crippen molar-refractivity contribution in [3.63, 3.8) is 0 Å². The van der Waals surface area contributed by atoms with E-state index in [0.717, 1.165) is 4.90 Å². The molecule has 0 spiro atoms. The van der Waals surface area contributed by atoms with Gasteiger partial charge in [0.15, 0.2) is 11.5 Å². The second-order valence-electron chi connectivity index (χ2n) is 8.06. The number of amides is 3. The third kappa shape index (κ3) is 6.78. The van der Waals surface area contributed by atoms with Crippen molar-refractivity contribution < 1.29 is 33.4 Å². The van der Waals surface area contributed by atoms with E-state index in [1.165, 1.54) is 19.3 Å². The fourth-order valence-corrected chi connectivity index (χ4v) is 4.66. The highest BCUT2D eigenvalue weighted by atomic mass is 35.5. The Labute approximate surface area is 233 Å². The lowest BCUT2D eigenvalue weighted by molar-refractivity contribution is -0.127. The summed E-state index contributed by atoms with van der Waals surface area (Å²) in [5.41, 5.74) is 1.27. The second-order valence-corrected chi connectivity index (χ2v) is 9.46. The van der Waals surface area contributed by atoms with Crippen LogP contribution in [-0.2, 0) is 9.59 Å². The number of nitrogens with one attached hydrogen (secondary N) is 1. The molecule has 0 bridgehead atoms. The van der Waals surface area contributed by atoms with E-state index in [1.54, 1.807) is 67.6 Å². The minimum absolute atomic E-state index is 0.0159. The number of halogens is 1. The Kier molecular flexibility index (Phi) is 8.90. The summed E-state index contributed by atoms with van der Waals surface area (Å²) >= 11 is 7.15. The Morgan fingerprint density at radius 3 is 2.44 bits per heavy atom. The molecule has 200 valence electrons. The summed E-state index contributed by atoms with van der Waals surface area (Å²) in [7, 11) is 1.52. The number of anilines is 1. The number of rotatable bonds is 9. The van der Waals surface area contributed by atoms with Gasteiger partial charge in [0.1, 0.15) is 12.3 Å². The smallest absolute Gasteiger partial charge is 0.343 e. The van der Waals surface area contributed by atoms with Crippen LogP contribution in [0.1, 0.15) is 22.8 Å². The highest BCUT2D eigenvalue weighted by Crippen LogP contribution is 2.39. The first kappa shape index (κ1) is 27.7. The van der Waals surface area contributed by atoms with Gasteiger partial charge in [-0.2, -0.15) is 0 Å². The summed E-state index contributed by atoms with van der Waals surface area (Å²) in [6.07, 6.45) is 1.46. The second kappa shape index (κ2) is 12.5. The third-order valence-corrected chi connectivity index (χ3v) is 6.57. The minimum atomic E-state index is -0.650. The van der Waals surface area contributed by atoms with Gasteiger partial charge < -0.3 is 19.5 Å². The van der Waals surface area contributed by atoms with Gasteiger partial charge in [0.05, 0.1) is 29.2 Å². The normalized spacial score (nSPS) is 13.9. The molecule has 1 heterocycles. The van der Waals surface area contributed by atoms with Crippen LogP contribution in [0.5, 0.6) is 17.2 Å². The maximum atomic E-state index is 12.9. The summed E-state index contributed by atoms with van der Waals surface area (Å²) in [4.78, 5) is 51.4. The van der Waals surface area contributed by atoms with Gasteiger partial charge in [-0.3, -0.25) is 19.3 Å². The Balaban J connectivity index is 1.51. The van der Waals surface area contributed by atoms with Crippen LogP contribution in [0.15, 0.2) is 71.6 Å². The number of thioether (sulfide) groups is 1. The lowest BCUT2D eigenvalue weighted by Crippen LogP contribution is -2.36. The van der Waals surface area contributed by atoms with Gasteiger partial charge in [0.2, 0.25) is 5.91 Å². The fraction of sp³-hybridized carbons (Fsp3) is 0.143. The third-order valence-electron chi connectivity index (χ3n) is 5.38. The Morgan fingerprint density at radius 1 is 1.05 bits per heavy atom. The van der Waals surface area contributed by atoms with Gasteiger partial charge in [-0.15, -0.1) is 0 Å². The van der Waals surface area contributed by atoms with Crippen molar-refractivity contribution in [1.29, 1.82) is 0 Å². The average Bonchev–Trinajstić information content (AvgIpc) is 3.18. The zero-order valence-corrected chi connectivity index (χ0v) is 22.5. The molecular weight excluding hydrogens is 544 g/mol. The van der Waals surface area contributed by atoms with Crippen molar-refractivity contribution in [2.24, 2.45) is 0 Å². The molecule has 1 N–H and O–H groups in total. The van der Waals surface area contributed by atoms with Gasteiger partial charge in [0, 0.05) is 5.69 Å². The standard InChI is InChI=1S/C28H23ClN2O7S/c1-3-37-22-14-17(13-21(29)25(22)38-27(34)18-9-11-20(36-2)12-10-18)15-23-26(33)31(28(35)39-23)16-24(32)30-19-7-5-4-6-8-19/h4-15H,3,16H2,1-2H3,(H,30,32)/b23-15-. The molecule has 1 saturated heterocycles. The van der Waals surface area contributed by atoms with Crippen LogP contribution in [0.3, 0.4) is 0 Å². The summed E-state index contributed by atoms with van der Waals surface area (Å²) in [5, 5.41) is 2.14. The lowest BCUT2D eigenvalue weighted by Gasteiger charge is -2.14. The van der Waals surface area contributed by atoms with Crippen molar-refractivity contribution in [3.05, 3.63) is 87.8 Å². The number of methoxy groups -OCH3 is 1. The average molecular weight is 567 g/mol. The van der Waals surface area contributed by atoms with Crippen molar-refractivity contribution in [2.75, 3.05) is 25.6 Å². The molecule has 1 aliphatic heterocycles. The summed E-state index contributed by atoms with van der Waals surface area (Å²) < 4.78 is 16.3. The van der Waals surface area contributed by atoms with Gasteiger partial charge >= 0.3 is 5.97 Å². The maximum absolute atomic E-state index is 12.9. The molecule has 1 fully saturated rings. The van der Waals surface area contributed by atoms with E-state index in [4.69, 9.17) is 25.8 Å². The lowest BCUT2D eigenvalue weighted by atomic mass is 10.1. The molecule has 0 aromatic heterocycles. The number of para-hydroxylation sites is 1. The first-order valence-corrected chi connectivity index (χ1v) is 12.9. The number of hydrogen-bond acceptors (Lipinski definition) is 8. The quantitative estimate of drug-likeness (QED) is 0.201. The van der Waals surface area contributed by atoms with Crippen LogP contribution >= 0.6 is 23.4 Å². The Hall–Kier alpha value is -4.28. The van der Waals surface area contributed by atoms with Crippen LogP contribution in [0.25, 0.3) is 6.08 Å². The highest BCUT2D eigenvalue weighted by molar-refractivity contribution is 8.18. The van der Waals surface area contributed by atoms with Crippen LogP contribution in [-0.4, -0.2) is 48.2 Å². The number of esters is 1. The SMILES string of the molecule is CCOc1cc(/C=C2\SC(=O)N(CC(=O)Nc3ccccc3)C2=O)cc(Cl)c1OC(=O)c1ccc(OC)cc1. The van der Waals surface area contributed by atoms with E-state index in [1.807, 2.05) is 0 Å². The molecule has 1 aliphatic rings. The molecule has 3 aromatic carbocycles. The number of carbonyl (C=O) groups is 4. The summed E-state index contributed by atoms with van der Waals surface area (Å²) in [6, 6.07) is 18.1. The number of ether oxygens (including phenoxy) is 3. The largest absolute Gasteiger partial charge is 0.497 e. The van der Waals surface area contributed by atoms with E-state index >= 15 is 0 Å². The molecule has 39 heavy (non-hydrogen) atoms. The Bertz CT molecular complexity index is 1440. The maximum Gasteiger partial charge on any atom is 0.343 e. The van der Waals surface area contributed by atoms with Gasteiger partial charge in [-0.25, -0.2) is 4.79 Å². The number of carbonyl (C=O) groups excluding carboxylic acids is 4. The molecule has 0 unspecified atom stereocenters. The van der Waals surface area contributed by atoms with E-state index in [2.05, 4.69) is 5.32 Å². The van der Waals surface area contributed by atoms with Crippen molar-refractivity contribution in [3.8, 4) is 17.2 Å². The minimum Gasteiger partial charge on any atom is -0.497 e. The number of imide groups is 1. The zero-order chi connectivity index (χ0) is 27.9. The van der Waals surface area contributed by atoms with Crippen LogP contribution in [0, 0.1) is 0 Å². The molecule has 0 radical (unpaired) electrons. The van der Waals surface area contributed by atoms with E-state index < -0.39 is 29.6 Å². The topological polar surface area (TPSA) is 111 Å². The number of benzene rings is 3. The predicted octanol–water partition coefficient (Wildman–Crippen LogP) is 5.64. The monoisotopic (exact) mass is 566 g/mol.